The van der Waals surface area contributed by atoms with Crippen molar-refractivity contribution in [3.8, 4) is 0 Å². The van der Waals surface area contributed by atoms with Crippen LogP contribution in [0.25, 0.3) is 0 Å². The van der Waals surface area contributed by atoms with Gasteiger partial charge >= 0.3 is 11.8 Å². The Hall–Kier alpha value is -2.45. The van der Waals surface area contributed by atoms with Gasteiger partial charge in [-0.05, 0) is 6.92 Å². The molecule has 20 heavy (non-hydrogen) atoms. The molecule has 0 bridgehead atoms. The van der Waals surface area contributed by atoms with Crippen molar-refractivity contribution >= 4 is 23.4 Å². The number of anilines is 3. The Morgan fingerprint density at radius 2 is 2.00 bits per heavy atom. The molecule has 0 spiro atoms. The summed E-state index contributed by atoms with van der Waals surface area (Å²) in [6.45, 7) is 4.09. The van der Waals surface area contributed by atoms with E-state index in [1.807, 2.05) is 4.90 Å². The molecule has 2 heterocycles. The van der Waals surface area contributed by atoms with Gasteiger partial charge in [0.05, 0.1) is 6.61 Å². The van der Waals surface area contributed by atoms with Crippen LogP contribution in [0.1, 0.15) is 6.92 Å². The van der Waals surface area contributed by atoms with Crippen molar-refractivity contribution in [1.29, 1.82) is 0 Å². The van der Waals surface area contributed by atoms with Crippen molar-refractivity contribution in [3.63, 3.8) is 0 Å². The number of rotatable bonds is 2. The Balaban J connectivity index is 2.08. The number of nitrogen functional groups attached to an aromatic ring is 2. The van der Waals surface area contributed by atoms with E-state index in [4.69, 9.17) is 16.2 Å². The van der Waals surface area contributed by atoms with Crippen molar-refractivity contribution in [1.82, 2.24) is 14.9 Å². The van der Waals surface area contributed by atoms with E-state index in [2.05, 4.69) is 9.97 Å². The van der Waals surface area contributed by atoms with Crippen LogP contribution >= 0.6 is 0 Å². The highest BCUT2D eigenvalue weighted by molar-refractivity contribution is 5.74. The van der Waals surface area contributed by atoms with Gasteiger partial charge in [-0.1, -0.05) is 0 Å². The average molecular weight is 282 g/mol. The van der Waals surface area contributed by atoms with Crippen LogP contribution in [0.15, 0.2) is 4.79 Å². The number of aromatic amines is 1. The second kappa shape index (κ2) is 5.68. The summed E-state index contributed by atoms with van der Waals surface area (Å²) in [7, 11) is 0. The predicted octanol–water partition coefficient (Wildman–Crippen LogP) is -0.787. The molecule has 1 aromatic heterocycles. The van der Waals surface area contributed by atoms with Crippen LogP contribution in [-0.2, 0) is 4.74 Å². The number of hydrogen-bond acceptors (Lipinski definition) is 7. The Labute approximate surface area is 115 Å². The molecule has 0 unspecified atom stereocenters. The van der Waals surface area contributed by atoms with E-state index in [1.165, 1.54) is 0 Å². The molecule has 5 N–H and O–H groups in total. The molecule has 0 aromatic carbocycles. The standard InChI is InChI=1S/C11H18N6O3/c1-2-20-11(19)17-5-3-16(4-6-17)9-7(12)8(13)14-10(18)15-9/h2-6,12H2,1H3,(H3,13,14,15,18). The molecule has 0 radical (unpaired) electrons. The first kappa shape index (κ1) is 14.0. The van der Waals surface area contributed by atoms with E-state index >= 15 is 0 Å². The monoisotopic (exact) mass is 282 g/mol. The fourth-order valence-corrected chi connectivity index (χ4v) is 2.04. The third-order valence-electron chi connectivity index (χ3n) is 3.09. The number of amides is 1. The Morgan fingerprint density at radius 1 is 1.35 bits per heavy atom. The summed E-state index contributed by atoms with van der Waals surface area (Å²) >= 11 is 0. The molecule has 2 rings (SSSR count). The van der Waals surface area contributed by atoms with Crippen LogP contribution < -0.4 is 22.1 Å². The molecule has 110 valence electrons. The van der Waals surface area contributed by atoms with Crippen molar-refractivity contribution < 1.29 is 9.53 Å². The number of carbonyl (C=O) groups is 1. The molecule has 0 atom stereocenters. The topological polar surface area (TPSA) is 131 Å². The normalized spacial score (nSPS) is 15.2. The lowest BCUT2D eigenvalue weighted by Crippen LogP contribution is -2.49. The highest BCUT2D eigenvalue weighted by Gasteiger charge is 2.24. The molecule has 1 fully saturated rings. The van der Waals surface area contributed by atoms with Gasteiger partial charge in [-0.2, -0.15) is 4.98 Å². The van der Waals surface area contributed by atoms with Crippen LogP contribution in [0.2, 0.25) is 0 Å². The lowest BCUT2D eigenvalue weighted by molar-refractivity contribution is 0.105. The molecular weight excluding hydrogens is 264 g/mol. The molecule has 1 saturated heterocycles. The van der Waals surface area contributed by atoms with Crippen molar-refractivity contribution in [2.24, 2.45) is 0 Å². The SMILES string of the molecule is CCOC(=O)N1CCN(c2nc(=O)[nH]c(N)c2N)CC1. The van der Waals surface area contributed by atoms with Gasteiger partial charge in [0, 0.05) is 26.2 Å². The van der Waals surface area contributed by atoms with Crippen molar-refractivity contribution in [2.75, 3.05) is 49.2 Å². The first-order chi connectivity index (χ1) is 9.52. The Bertz CT molecular complexity index is 550. The maximum Gasteiger partial charge on any atom is 0.409 e. The third-order valence-corrected chi connectivity index (χ3v) is 3.09. The van der Waals surface area contributed by atoms with Gasteiger partial charge in [-0.3, -0.25) is 4.98 Å². The second-order valence-electron chi connectivity index (χ2n) is 4.37. The van der Waals surface area contributed by atoms with E-state index in [1.54, 1.807) is 11.8 Å². The van der Waals surface area contributed by atoms with Gasteiger partial charge in [0.25, 0.3) is 0 Å². The molecular formula is C11H18N6O3. The summed E-state index contributed by atoms with van der Waals surface area (Å²) in [5.41, 5.74) is 11.1. The van der Waals surface area contributed by atoms with Crippen LogP contribution in [0, 0.1) is 0 Å². The highest BCUT2D eigenvalue weighted by atomic mass is 16.6. The van der Waals surface area contributed by atoms with Gasteiger partial charge in [-0.15, -0.1) is 0 Å². The van der Waals surface area contributed by atoms with Crippen LogP contribution in [0.5, 0.6) is 0 Å². The molecule has 9 heteroatoms. The lowest BCUT2D eigenvalue weighted by Gasteiger charge is -2.35. The van der Waals surface area contributed by atoms with Crippen LogP contribution in [0.4, 0.5) is 22.1 Å². The first-order valence-electron chi connectivity index (χ1n) is 6.34. The molecule has 1 aliphatic heterocycles. The van der Waals surface area contributed by atoms with Crippen LogP contribution in [-0.4, -0.2) is 53.7 Å². The van der Waals surface area contributed by atoms with Gasteiger partial charge < -0.3 is 26.0 Å². The first-order valence-corrected chi connectivity index (χ1v) is 6.34. The third kappa shape index (κ3) is 2.76. The molecule has 0 aliphatic carbocycles. The highest BCUT2D eigenvalue weighted by Crippen LogP contribution is 2.23. The van der Waals surface area contributed by atoms with Gasteiger partial charge in [0.2, 0.25) is 0 Å². The molecule has 1 amide bonds. The number of nitrogens with two attached hydrogens (primary N) is 2. The zero-order chi connectivity index (χ0) is 14.7. The molecule has 9 nitrogen and oxygen atoms in total. The summed E-state index contributed by atoms with van der Waals surface area (Å²) in [4.78, 5) is 32.5. The zero-order valence-corrected chi connectivity index (χ0v) is 11.3. The fraction of sp³-hybridized carbons (Fsp3) is 0.545. The largest absolute Gasteiger partial charge is 0.450 e. The van der Waals surface area contributed by atoms with E-state index in [0.717, 1.165) is 0 Å². The number of nitrogens with one attached hydrogen (secondary N) is 1. The van der Waals surface area contributed by atoms with E-state index < -0.39 is 5.69 Å². The number of H-pyrrole nitrogens is 1. The summed E-state index contributed by atoms with van der Waals surface area (Å²) < 4.78 is 4.94. The number of hydrogen-bond donors (Lipinski definition) is 3. The van der Waals surface area contributed by atoms with Crippen molar-refractivity contribution in [3.05, 3.63) is 10.5 Å². The van der Waals surface area contributed by atoms with Gasteiger partial charge in [0.1, 0.15) is 11.5 Å². The number of aromatic nitrogens is 2. The number of piperazine rings is 1. The molecule has 1 aliphatic rings. The summed E-state index contributed by atoms with van der Waals surface area (Å²) in [6.07, 6.45) is -0.335. The minimum Gasteiger partial charge on any atom is -0.450 e. The maximum absolute atomic E-state index is 11.6. The minimum atomic E-state index is -0.542. The number of carbonyl (C=O) groups excluding carboxylic acids is 1. The summed E-state index contributed by atoms with van der Waals surface area (Å²) in [5.74, 6) is 0.461. The van der Waals surface area contributed by atoms with E-state index in [-0.39, 0.29) is 17.6 Å². The predicted molar refractivity (Wildman–Crippen MR) is 74.5 cm³/mol. The smallest absolute Gasteiger partial charge is 0.409 e. The lowest BCUT2D eigenvalue weighted by atomic mass is 10.3. The second-order valence-corrected chi connectivity index (χ2v) is 4.37. The Morgan fingerprint density at radius 3 is 2.60 bits per heavy atom. The van der Waals surface area contributed by atoms with Gasteiger partial charge in [0.15, 0.2) is 5.82 Å². The average Bonchev–Trinajstić information content (AvgIpc) is 2.43. The van der Waals surface area contributed by atoms with E-state index in [9.17, 15) is 9.59 Å². The van der Waals surface area contributed by atoms with Crippen molar-refractivity contribution in [2.45, 2.75) is 6.92 Å². The maximum atomic E-state index is 11.6. The minimum absolute atomic E-state index is 0.104. The van der Waals surface area contributed by atoms with Gasteiger partial charge in [-0.25, -0.2) is 9.59 Å². The Kier molecular flexibility index (Phi) is 3.97. The summed E-state index contributed by atoms with van der Waals surface area (Å²) in [5, 5.41) is 0. The van der Waals surface area contributed by atoms with E-state index in [0.29, 0.717) is 38.6 Å². The fourth-order valence-electron chi connectivity index (χ4n) is 2.04. The quantitative estimate of drug-likeness (QED) is 0.648. The molecule has 0 saturated carbocycles. The number of ether oxygens (including phenoxy) is 1. The van der Waals surface area contributed by atoms with Crippen LogP contribution in [0.3, 0.4) is 0 Å². The zero-order valence-electron chi connectivity index (χ0n) is 11.3. The molecule has 1 aromatic rings. The summed E-state index contributed by atoms with van der Waals surface area (Å²) in [6, 6.07) is 0. The number of nitrogens with zero attached hydrogens (tertiary/aromatic N) is 3.